The molecule has 0 saturated heterocycles. The van der Waals surface area contributed by atoms with E-state index >= 15 is 0 Å². The van der Waals surface area contributed by atoms with Crippen molar-refractivity contribution in [2.75, 3.05) is 0 Å². The van der Waals surface area contributed by atoms with E-state index in [1.807, 2.05) is 36.5 Å². The van der Waals surface area contributed by atoms with Crippen molar-refractivity contribution in [3.8, 4) is 16.9 Å². The minimum Gasteiger partial charge on any atom is -0.352 e. The molecule has 0 aliphatic heterocycles. The smallest absolute Gasteiger partial charge is 0.223 e. The molecule has 0 atom stereocenters. The zero-order chi connectivity index (χ0) is 17.9. The standard InChI is InChI=1S/C21H20FN3O/c22-18-11-9-15(10-12-18)20-17(13-23-21(26)16-5-4-6-16)14-25(24-20)19-7-2-1-3-8-19/h1-3,7-12,14,16H,4-6,13H2,(H,23,26). The summed E-state index contributed by atoms with van der Waals surface area (Å²) in [5, 5.41) is 7.70. The van der Waals surface area contributed by atoms with Crippen LogP contribution >= 0.6 is 0 Å². The lowest BCUT2D eigenvalue weighted by molar-refractivity contribution is -0.127. The molecule has 1 aliphatic carbocycles. The Balaban J connectivity index is 1.64. The fourth-order valence-corrected chi connectivity index (χ4v) is 3.10. The molecule has 1 heterocycles. The summed E-state index contributed by atoms with van der Waals surface area (Å²) in [7, 11) is 0. The second-order valence-electron chi connectivity index (χ2n) is 6.64. The average Bonchev–Trinajstić information content (AvgIpc) is 3.04. The van der Waals surface area contributed by atoms with Gasteiger partial charge >= 0.3 is 0 Å². The molecular weight excluding hydrogens is 329 g/mol. The van der Waals surface area contributed by atoms with Crippen molar-refractivity contribution in [2.45, 2.75) is 25.8 Å². The van der Waals surface area contributed by atoms with Gasteiger partial charge in [-0.1, -0.05) is 24.6 Å². The van der Waals surface area contributed by atoms with Crippen LogP contribution in [0.5, 0.6) is 0 Å². The first-order valence-electron chi connectivity index (χ1n) is 8.88. The van der Waals surface area contributed by atoms with Crippen LogP contribution in [0.3, 0.4) is 0 Å². The minimum absolute atomic E-state index is 0.105. The summed E-state index contributed by atoms with van der Waals surface area (Å²) >= 11 is 0. The molecule has 1 saturated carbocycles. The summed E-state index contributed by atoms with van der Waals surface area (Å²) in [4.78, 5) is 12.2. The lowest BCUT2D eigenvalue weighted by atomic mass is 9.85. The van der Waals surface area contributed by atoms with E-state index < -0.39 is 0 Å². The number of halogens is 1. The Morgan fingerprint density at radius 2 is 1.85 bits per heavy atom. The molecule has 4 nitrogen and oxygen atoms in total. The van der Waals surface area contributed by atoms with E-state index in [0.29, 0.717) is 6.54 Å². The molecule has 0 radical (unpaired) electrons. The fraction of sp³-hybridized carbons (Fsp3) is 0.238. The maximum Gasteiger partial charge on any atom is 0.223 e. The van der Waals surface area contributed by atoms with Crippen LogP contribution in [0.15, 0.2) is 60.8 Å². The highest BCUT2D eigenvalue weighted by atomic mass is 19.1. The number of nitrogens with zero attached hydrogens (tertiary/aromatic N) is 2. The Morgan fingerprint density at radius 1 is 1.12 bits per heavy atom. The number of hydrogen-bond acceptors (Lipinski definition) is 2. The van der Waals surface area contributed by atoms with Crippen LogP contribution in [0, 0.1) is 11.7 Å². The molecule has 2 aromatic carbocycles. The Kier molecular flexibility index (Phi) is 4.52. The van der Waals surface area contributed by atoms with E-state index in [4.69, 9.17) is 0 Å². The van der Waals surface area contributed by atoms with Gasteiger partial charge in [0.05, 0.1) is 11.4 Å². The third kappa shape index (κ3) is 3.38. The predicted octanol–water partition coefficient (Wildman–Crippen LogP) is 4.09. The van der Waals surface area contributed by atoms with Gasteiger partial charge in [-0.2, -0.15) is 5.10 Å². The highest BCUT2D eigenvalue weighted by Gasteiger charge is 2.25. The van der Waals surface area contributed by atoms with E-state index in [0.717, 1.165) is 41.8 Å². The molecule has 0 spiro atoms. The Labute approximate surface area is 151 Å². The van der Waals surface area contributed by atoms with Crippen LogP contribution in [0.25, 0.3) is 16.9 Å². The van der Waals surface area contributed by atoms with Gasteiger partial charge in [0, 0.05) is 29.8 Å². The van der Waals surface area contributed by atoms with Crippen molar-refractivity contribution < 1.29 is 9.18 Å². The molecule has 1 amide bonds. The maximum atomic E-state index is 13.3. The van der Waals surface area contributed by atoms with Gasteiger partial charge in [0.15, 0.2) is 0 Å². The highest BCUT2D eigenvalue weighted by Crippen LogP contribution is 2.27. The monoisotopic (exact) mass is 349 g/mol. The largest absolute Gasteiger partial charge is 0.352 e. The van der Waals surface area contributed by atoms with Crippen molar-refractivity contribution in [3.05, 3.63) is 72.2 Å². The molecule has 132 valence electrons. The fourth-order valence-electron chi connectivity index (χ4n) is 3.10. The summed E-state index contributed by atoms with van der Waals surface area (Å²) in [5.41, 5.74) is 3.43. The van der Waals surface area contributed by atoms with Crippen LogP contribution < -0.4 is 5.32 Å². The van der Waals surface area contributed by atoms with Gasteiger partial charge in [-0.15, -0.1) is 0 Å². The Bertz CT molecular complexity index is 899. The lowest BCUT2D eigenvalue weighted by Gasteiger charge is -2.23. The summed E-state index contributed by atoms with van der Waals surface area (Å²) in [6, 6.07) is 16.1. The normalized spacial score (nSPS) is 14.0. The molecule has 4 rings (SSSR count). The molecule has 5 heteroatoms. The van der Waals surface area contributed by atoms with E-state index in [9.17, 15) is 9.18 Å². The zero-order valence-electron chi connectivity index (χ0n) is 14.4. The minimum atomic E-state index is -0.281. The first-order chi connectivity index (χ1) is 12.7. The third-order valence-corrected chi connectivity index (χ3v) is 4.86. The molecule has 1 aliphatic rings. The molecule has 0 unspecified atom stereocenters. The van der Waals surface area contributed by atoms with E-state index in [1.165, 1.54) is 12.1 Å². The SMILES string of the molecule is O=C(NCc1cn(-c2ccccc2)nc1-c1ccc(F)cc1)C1CCC1. The summed E-state index contributed by atoms with van der Waals surface area (Å²) in [6.07, 6.45) is 5.00. The second-order valence-corrected chi connectivity index (χ2v) is 6.64. The average molecular weight is 349 g/mol. The molecule has 1 N–H and O–H groups in total. The molecule has 1 fully saturated rings. The highest BCUT2D eigenvalue weighted by molar-refractivity contribution is 5.79. The van der Waals surface area contributed by atoms with Crippen molar-refractivity contribution in [1.29, 1.82) is 0 Å². The molecular formula is C21H20FN3O. The predicted molar refractivity (Wildman–Crippen MR) is 98.1 cm³/mol. The number of rotatable bonds is 5. The van der Waals surface area contributed by atoms with Gasteiger partial charge in [-0.25, -0.2) is 9.07 Å². The number of benzene rings is 2. The van der Waals surface area contributed by atoms with Gasteiger partial charge in [0.2, 0.25) is 5.91 Å². The molecule has 26 heavy (non-hydrogen) atoms. The Morgan fingerprint density at radius 3 is 2.50 bits per heavy atom. The number of aromatic nitrogens is 2. The first kappa shape index (κ1) is 16.5. The number of hydrogen-bond donors (Lipinski definition) is 1. The topological polar surface area (TPSA) is 46.9 Å². The zero-order valence-corrected chi connectivity index (χ0v) is 14.4. The lowest BCUT2D eigenvalue weighted by Crippen LogP contribution is -2.33. The van der Waals surface area contributed by atoms with E-state index in [1.54, 1.807) is 16.8 Å². The van der Waals surface area contributed by atoms with Crippen LogP contribution in [-0.2, 0) is 11.3 Å². The van der Waals surface area contributed by atoms with E-state index in [2.05, 4.69) is 10.4 Å². The molecule has 0 bridgehead atoms. The van der Waals surface area contributed by atoms with Crippen molar-refractivity contribution >= 4 is 5.91 Å². The van der Waals surface area contributed by atoms with Crippen LogP contribution in [0.1, 0.15) is 24.8 Å². The van der Waals surface area contributed by atoms with Gasteiger partial charge < -0.3 is 5.32 Å². The van der Waals surface area contributed by atoms with Gasteiger partial charge in [-0.05, 0) is 49.2 Å². The number of amides is 1. The van der Waals surface area contributed by atoms with Crippen molar-refractivity contribution in [2.24, 2.45) is 5.92 Å². The summed E-state index contributed by atoms with van der Waals surface area (Å²) < 4.78 is 15.1. The van der Waals surface area contributed by atoms with Gasteiger partial charge in [0.25, 0.3) is 0 Å². The van der Waals surface area contributed by atoms with Gasteiger partial charge in [0.1, 0.15) is 5.82 Å². The quantitative estimate of drug-likeness (QED) is 0.754. The molecule has 3 aromatic rings. The van der Waals surface area contributed by atoms with Crippen molar-refractivity contribution in [1.82, 2.24) is 15.1 Å². The van der Waals surface area contributed by atoms with Crippen LogP contribution in [0.2, 0.25) is 0 Å². The van der Waals surface area contributed by atoms with Gasteiger partial charge in [-0.3, -0.25) is 4.79 Å². The maximum absolute atomic E-state index is 13.3. The number of carbonyl (C=O) groups is 1. The van der Waals surface area contributed by atoms with E-state index in [-0.39, 0.29) is 17.6 Å². The third-order valence-electron chi connectivity index (χ3n) is 4.86. The Hall–Kier alpha value is -2.95. The summed E-state index contributed by atoms with van der Waals surface area (Å²) in [6.45, 7) is 0.412. The number of carbonyl (C=O) groups excluding carboxylic acids is 1. The van der Waals surface area contributed by atoms with Crippen LogP contribution in [-0.4, -0.2) is 15.7 Å². The first-order valence-corrected chi connectivity index (χ1v) is 8.88. The molecule has 1 aromatic heterocycles. The number of para-hydroxylation sites is 1. The summed E-state index contributed by atoms with van der Waals surface area (Å²) in [5.74, 6) is -0.0294. The van der Waals surface area contributed by atoms with Crippen molar-refractivity contribution in [3.63, 3.8) is 0 Å². The second kappa shape index (κ2) is 7.12. The number of nitrogens with one attached hydrogen (secondary N) is 1. The van der Waals surface area contributed by atoms with Crippen LogP contribution in [0.4, 0.5) is 4.39 Å².